The van der Waals surface area contributed by atoms with Gasteiger partial charge in [0.2, 0.25) is 5.91 Å². The first-order chi connectivity index (χ1) is 12.1. The second-order valence-electron chi connectivity index (χ2n) is 7.32. The van der Waals surface area contributed by atoms with Crippen LogP contribution in [-0.2, 0) is 4.79 Å². The van der Waals surface area contributed by atoms with Crippen LogP contribution in [0.2, 0.25) is 0 Å². The van der Waals surface area contributed by atoms with E-state index in [0.29, 0.717) is 11.6 Å². The predicted molar refractivity (Wildman–Crippen MR) is 99.6 cm³/mol. The Balaban J connectivity index is 1.57. The van der Waals surface area contributed by atoms with Gasteiger partial charge in [0.25, 0.3) is 5.91 Å². The van der Waals surface area contributed by atoms with Crippen LogP contribution in [0.15, 0.2) is 24.3 Å². The lowest BCUT2D eigenvalue weighted by Crippen LogP contribution is -2.38. The molecule has 2 N–H and O–H groups in total. The van der Waals surface area contributed by atoms with E-state index in [9.17, 15) is 9.59 Å². The maximum absolute atomic E-state index is 12.7. The van der Waals surface area contributed by atoms with Crippen LogP contribution < -0.4 is 10.6 Å². The van der Waals surface area contributed by atoms with Crippen molar-refractivity contribution in [1.82, 2.24) is 10.2 Å². The summed E-state index contributed by atoms with van der Waals surface area (Å²) in [5.74, 6) is 0.166. The molecule has 1 aromatic carbocycles. The molecule has 1 aromatic rings. The molecule has 0 radical (unpaired) electrons. The first-order valence-electron chi connectivity index (χ1n) is 9.54. The molecule has 2 fully saturated rings. The van der Waals surface area contributed by atoms with Crippen molar-refractivity contribution >= 4 is 17.5 Å². The summed E-state index contributed by atoms with van der Waals surface area (Å²) in [4.78, 5) is 26.8. The highest BCUT2D eigenvalue weighted by Crippen LogP contribution is 2.23. The summed E-state index contributed by atoms with van der Waals surface area (Å²) in [5.41, 5.74) is 1.44. The van der Waals surface area contributed by atoms with E-state index >= 15 is 0 Å². The average molecular weight is 343 g/mol. The van der Waals surface area contributed by atoms with Crippen LogP contribution in [0.4, 0.5) is 5.69 Å². The Morgan fingerprint density at radius 2 is 1.76 bits per heavy atom. The summed E-state index contributed by atoms with van der Waals surface area (Å²) in [7, 11) is 1.91. The molecule has 1 saturated heterocycles. The molecule has 2 amide bonds. The standard InChI is InChI=1S/C20H29N3O2/c1-23(18-7-3-2-4-8-18)20(25)15-9-11-17(12-10-15)22-19(24)16-6-5-13-21-14-16/h9-12,16,18,21H,2-8,13-14H2,1H3,(H,22,24). The maximum Gasteiger partial charge on any atom is 0.253 e. The minimum absolute atomic E-state index is 0.0347. The summed E-state index contributed by atoms with van der Waals surface area (Å²) in [6, 6.07) is 7.65. The van der Waals surface area contributed by atoms with Crippen LogP contribution in [0.1, 0.15) is 55.3 Å². The zero-order chi connectivity index (χ0) is 17.6. The molecule has 1 aliphatic heterocycles. The van der Waals surface area contributed by atoms with Gasteiger partial charge in [-0.25, -0.2) is 0 Å². The van der Waals surface area contributed by atoms with Gasteiger partial charge in [0, 0.05) is 30.9 Å². The number of nitrogens with one attached hydrogen (secondary N) is 2. The zero-order valence-corrected chi connectivity index (χ0v) is 15.1. The normalized spacial score (nSPS) is 21.6. The van der Waals surface area contributed by atoms with Crippen molar-refractivity contribution in [3.63, 3.8) is 0 Å². The molecule has 2 aliphatic rings. The Bertz CT molecular complexity index is 587. The van der Waals surface area contributed by atoms with Crippen molar-refractivity contribution in [2.24, 2.45) is 5.92 Å². The molecule has 1 heterocycles. The maximum atomic E-state index is 12.7. The lowest BCUT2D eigenvalue weighted by molar-refractivity contribution is -0.120. The Morgan fingerprint density at radius 1 is 1.04 bits per heavy atom. The largest absolute Gasteiger partial charge is 0.339 e. The smallest absolute Gasteiger partial charge is 0.253 e. The molecular weight excluding hydrogens is 314 g/mol. The third kappa shape index (κ3) is 4.60. The molecular formula is C20H29N3O2. The van der Waals surface area contributed by atoms with Crippen LogP contribution in [-0.4, -0.2) is 42.9 Å². The second kappa shape index (κ2) is 8.48. The Morgan fingerprint density at radius 3 is 2.40 bits per heavy atom. The molecule has 3 rings (SSSR count). The fourth-order valence-corrected chi connectivity index (χ4v) is 3.85. The molecule has 0 aromatic heterocycles. The number of amides is 2. The highest BCUT2D eigenvalue weighted by atomic mass is 16.2. The third-order valence-corrected chi connectivity index (χ3v) is 5.51. The summed E-state index contributed by atoms with van der Waals surface area (Å²) >= 11 is 0. The zero-order valence-electron chi connectivity index (χ0n) is 15.1. The number of benzene rings is 1. The van der Waals surface area contributed by atoms with E-state index in [1.807, 2.05) is 36.2 Å². The number of rotatable bonds is 4. The van der Waals surface area contributed by atoms with E-state index in [1.54, 1.807) is 0 Å². The Kier molecular flexibility index (Phi) is 6.08. The van der Waals surface area contributed by atoms with Gasteiger partial charge < -0.3 is 15.5 Å². The number of hydrogen-bond donors (Lipinski definition) is 2. The van der Waals surface area contributed by atoms with Crippen molar-refractivity contribution in [3.8, 4) is 0 Å². The number of anilines is 1. The topological polar surface area (TPSA) is 61.4 Å². The minimum atomic E-state index is 0.0347. The number of nitrogens with zero attached hydrogens (tertiary/aromatic N) is 1. The Labute approximate surface area is 150 Å². The van der Waals surface area contributed by atoms with Gasteiger partial charge in [0.05, 0.1) is 5.92 Å². The highest BCUT2D eigenvalue weighted by Gasteiger charge is 2.23. The molecule has 5 nitrogen and oxygen atoms in total. The van der Waals surface area contributed by atoms with Crippen molar-refractivity contribution in [2.75, 3.05) is 25.5 Å². The van der Waals surface area contributed by atoms with E-state index in [0.717, 1.165) is 44.5 Å². The first kappa shape index (κ1) is 17.9. The second-order valence-corrected chi connectivity index (χ2v) is 7.32. The van der Waals surface area contributed by atoms with E-state index in [-0.39, 0.29) is 17.7 Å². The van der Waals surface area contributed by atoms with Crippen LogP contribution >= 0.6 is 0 Å². The van der Waals surface area contributed by atoms with Crippen LogP contribution in [0.25, 0.3) is 0 Å². The van der Waals surface area contributed by atoms with Crippen molar-refractivity contribution < 1.29 is 9.59 Å². The van der Waals surface area contributed by atoms with Gasteiger partial charge in [-0.1, -0.05) is 19.3 Å². The molecule has 136 valence electrons. The minimum Gasteiger partial charge on any atom is -0.339 e. The number of piperidine rings is 1. The summed E-state index contributed by atoms with van der Waals surface area (Å²) in [6.07, 6.45) is 7.88. The fourth-order valence-electron chi connectivity index (χ4n) is 3.85. The van der Waals surface area contributed by atoms with Crippen molar-refractivity contribution in [1.29, 1.82) is 0 Å². The molecule has 5 heteroatoms. The number of hydrogen-bond acceptors (Lipinski definition) is 3. The number of carbonyl (C=O) groups excluding carboxylic acids is 2. The van der Waals surface area contributed by atoms with Gasteiger partial charge in [-0.3, -0.25) is 9.59 Å². The average Bonchev–Trinajstić information content (AvgIpc) is 2.69. The third-order valence-electron chi connectivity index (χ3n) is 5.51. The fraction of sp³-hybridized carbons (Fsp3) is 0.600. The van der Waals surface area contributed by atoms with Crippen LogP contribution in [0.5, 0.6) is 0 Å². The molecule has 1 unspecified atom stereocenters. The lowest BCUT2D eigenvalue weighted by atomic mass is 9.94. The quantitative estimate of drug-likeness (QED) is 0.883. The van der Waals surface area contributed by atoms with Gasteiger partial charge in [-0.05, 0) is 56.5 Å². The monoisotopic (exact) mass is 343 g/mol. The molecule has 1 atom stereocenters. The molecule has 0 spiro atoms. The van der Waals surface area contributed by atoms with E-state index in [1.165, 1.54) is 19.3 Å². The van der Waals surface area contributed by atoms with Crippen molar-refractivity contribution in [2.45, 2.75) is 51.0 Å². The van der Waals surface area contributed by atoms with Gasteiger partial charge >= 0.3 is 0 Å². The van der Waals surface area contributed by atoms with Gasteiger partial charge in [0.1, 0.15) is 0 Å². The van der Waals surface area contributed by atoms with Gasteiger partial charge in [0.15, 0.2) is 0 Å². The van der Waals surface area contributed by atoms with E-state index < -0.39 is 0 Å². The predicted octanol–water partition coefficient (Wildman–Crippen LogP) is 3.03. The number of carbonyl (C=O) groups is 2. The highest BCUT2D eigenvalue weighted by molar-refractivity contribution is 5.96. The van der Waals surface area contributed by atoms with Gasteiger partial charge in [-0.15, -0.1) is 0 Å². The summed E-state index contributed by atoms with van der Waals surface area (Å²) in [5, 5.41) is 6.22. The molecule has 0 bridgehead atoms. The summed E-state index contributed by atoms with van der Waals surface area (Å²) in [6.45, 7) is 1.74. The SMILES string of the molecule is CN(C(=O)c1ccc(NC(=O)C2CCCNC2)cc1)C1CCCCC1. The van der Waals surface area contributed by atoms with Crippen LogP contribution in [0.3, 0.4) is 0 Å². The molecule has 1 saturated carbocycles. The van der Waals surface area contributed by atoms with Crippen molar-refractivity contribution in [3.05, 3.63) is 29.8 Å². The summed E-state index contributed by atoms with van der Waals surface area (Å²) < 4.78 is 0. The van der Waals surface area contributed by atoms with E-state index in [2.05, 4.69) is 10.6 Å². The lowest BCUT2D eigenvalue weighted by Gasteiger charge is -2.31. The first-order valence-corrected chi connectivity index (χ1v) is 9.54. The van der Waals surface area contributed by atoms with E-state index in [4.69, 9.17) is 0 Å². The molecule has 25 heavy (non-hydrogen) atoms. The molecule has 1 aliphatic carbocycles. The van der Waals surface area contributed by atoms with Crippen LogP contribution in [0, 0.1) is 5.92 Å². The van der Waals surface area contributed by atoms with Gasteiger partial charge in [-0.2, -0.15) is 0 Å². The Hall–Kier alpha value is -1.88.